The van der Waals surface area contributed by atoms with Crippen LogP contribution in [-0.4, -0.2) is 18.6 Å². The molecule has 0 saturated carbocycles. The fourth-order valence-electron chi connectivity index (χ4n) is 2.25. The number of fused-ring (bicyclic) bond motifs is 1. The van der Waals surface area contributed by atoms with Gasteiger partial charge in [0.1, 0.15) is 10.7 Å². The molecular weight excluding hydrogens is 295 g/mol. The fraction of sp³-hybridized carbons (Fsp3) is 0.0714. The number of amides is 1. The van der Waals surface area contributed by atoms with Crippen molar-refractivity contribution in [1.29, 1.82) is 0 Å². The number of nitrogen functional groups attached to an aromatic ring is 1. The number of anilines is 1. The van der Waals surface area contributed by atoms with Crippen LogP contribution in [0.25, 0.3) is 0 Å². The Hall–Kier alpha value is -2.41. The molecule has 108 valence electrons. The Bertz CT molecular complexity index is 849. The van der Waals surface area contributed by atoms with Gasteiger partial charge in [0.15, 0.2) is 0 Å². The van der Waals surface area contributed by atoms with Crippen molar-refractivity contribution in [3.05, 3.63) is 59.4 Å². The zero-order chi connectivity index (χ0) is 15.2. The van der Waals surface area contributed by atoms with Gasteiger partial charge in [0.2, 0.25) is 0 Å². The summed E-state index contributed by atoms with van der Waals surface area (Å²) >= 11 is 0. The van der Waals surface area contributed by atoms with Gasteiger partial charge in [-0.25, -0.2) is 17.1 Å². The molecule has 0 aromatic heterocycles. The molecule has 1 amide bonds. The molecule has 0 fully saturated rings. The predicted octanol–water partition coefficient (Wildman–Crippen LogP) is 1.75. The molecule has 2 N–H and O–H groups in total. The second-order valence-electron chi connectivity index (χ2n) is 4.66. The summed E-state index contributed by atoms with van der Waals surface area (Å²) in [7, 11) is -3.92. The maximum atomic E-state index is 13.3. The summed E-state index contributed by atoms with van der Waals surface area (Å²) in [5.74, 6) is -1.17. The standard InChI is InChI=1S/C14H11FN2O3S/c15-10-5-6-12(16)9(7-10)8-17-14(18)11-3-1-2-4-13(11)21(17,19)20/h1-7H,8,16H2. The lowest BCUT2D eigenvalue weighted by Gasteiger charge is -2.16. The maximum absolute atomic E-state index is 13.3. The van der Waals surface area contributed by atoms with Gasteiger partial charge >= 0.3 is 0 Å². The largest absolute Gasteiger partial charge is 0.398 e. The van der Waals surface area contributed by atoms with Crippen LogP contribution in [0.5, 0.6) is 0 Å². The first-order valence-electron chi connectivity index (χ1n) is 6.11. The third-order valence-corrected chi connectivity index (χ3v) is 5.12. The third kappa shape index (κ3) is 2.06. The second-order valence-corrected chi connectivity index (χ2v) is 6.49. The molecule has 21 heavy (non-hydrogen) atoms. The molecule has 0 aliphatic carbocycles. The number of nitrogens with two attached hydrogens (primary N) is 1. The number of hydrogen-bond acceptors (Lipinski definition) is 4. The van der Waals surface area contributed by atoms with E-state index in [0.29, 0.717) is 4.31 Å². The molecule has 0 spiro atoms. The van der Waals surface area contributed by atoms with Crippen molar-refractivity contribution in [2.75, 3.05) is 5.73 Å². The van der Waals surface area contributed by atoms with Gasteiger partial charge in [-0.15, -0.1) is 0 Å². The minimum Gasteiger partial charge on any atom is -0.398 e. The van der Waals surface area contributed by atoms with E-state index in [1.54, 1.807) is 12.1 Å². The van der Waals surface area contributed by atoms with E-state index >= 15 is 0 Å². The van der Waals surface area contributed by atoms with E-state index in [0.717, 1.165) is 6.07 Å². The van der Waals surface area contributed by atoms with Crippen molar-refractivity contribution in [2.24, 2.45) is 0 Å². The van der Waals surface area contributed by atoms with Crippen molar-refractivity contribution in [1.82, 2.24) is 4.31 Å². The SMILES string of the molecule is Nc1ccc(F)cc1CN1C(=O)c2ccccc2S1(=O)=O. The summed E-state index contributed by atoms with van der Waals surface area (Å²) in [6, 6.07) is 9.59. The molecule has 2 aromatic rings. The Morgan fingerprint density at radius 1 is 1.14 bits per heavy atom. The predicted molar refractivity (Wildman–Crippen MR) is 74.3 cm³/mol. The summed E-state index contributed by atoms with van der Waals surface area (Å²) in [6.45, 7) is -0.292. The monoisotopic (exact) mass is 306 g/mol. The van der Waals surface area contributed by atoms with Gasteiger partial charge in [-0.3, -0.25) is 4.79 Å². The molecule has 0 unspecified atom stereocenters. The summed E-state index contributed by atoms with van der Waals surface area (Å²) < 4.78 is 38.7. The molecule has 2 aromatic carbocycles. The molecule has 0 atom stereocenters. The van der Waals surface area contributed by atoms with Gasteiger partial charge < -0.3 is 5.73 Å². The minimum absolute atomic E-state index is 0.0371. The number of nitrogens with zero attached hydrogens (tertiary/aromatic N) is 1. The highest BCUT2D eigenvalue weighted by Crippen LogP contribution is 2.32. The Balaban J connectivity index is 2.05. The van der Waals surface area contributed by atoms with Gasteiger partial charge in [-0.1, -0.05) is 12.1 Å². The number of benzene rings is 2. The van der Waals surface area contributed by atoms with Gasteiger partial charge in [-0.05, 0) is 35.9 Å². The average Bonchev–Trinajstić information content (AvgIpc) is 2.64. The van der Waals surface area contributed by atoms with E-state index < -0.39 is 21.7 Å². The average molecular weight is 306 g/mol. The van der Waals surface area contributed by atoms with Crippen LogP contribution in [0.1, 0.15) is 15.9 Å². The van der Waals surface area contributed by atoms with Gasteiger partial charge in [-0.2, -0.15) is 0 Å². The first-order chi connectivity index (χ1) is 9.91. The van der Waals surface area contributed by atoms with Gasteiger partial charge in [0.05, 0.1) is 12.1 Å². The van der Waals surface area contributed by atoms with Crippen LogP contribution in [0.15, 0.2) is 47.4 Å². The Morgan fingerprint density at radius 2 is 1.86 bits per heavy atom. The molecule has 0 radical (unpaired) electrons. The topological polar surface area (TPSA) is 80.5 Å². The van der Waals surface area contributed by atoms with Crippen LogP contribution in [0, 0.1) is 5.82 Å². The van der Waals surface area contributed by atoms with E-state index in [1.165, 1.54) is 24.3 Å². The van der Waals surface area contributed by atoms with E-state index in [4.69, 9.17) is 5.73 Å². The summed E-state index contributed by atoms with van der Waals surface area (Å²) in [6.07, 6.45) is 0. The second kappa shape index (κ2) is 4.56. The zero-order valence-electron chi connectivity index (χ0n) is 10.8. The molecule has 7 heteroatoms. The normalized spacial score (nSPS) is 16.0. The molecular formula is C14H11FN2O3S. The summed E-state index contributed by atoms with van der Waals surface area (Å²) in [4.78, 5) is 12.2. The molecule has 5 nitrogen and oxygen atoms in total. The highest BCUT2D eigenvalue weighted by atomic mass is 32.2. The van der Waals surface area contributed by atoms with E-state index in [9.17, 15) is 17.6 Å². The molecule has 0 saturated heterocycles. The van der Waals surface area contributed by atoms with Gasteiger partial charge in [0, 0.05) is 5.69 Å². The molecule has 0 bridgehead atoms. The Kier molecular flexibility index (Phi) is 2.94. The minimum atomic E-state index is -3.92. The lowest BCUT2D eigenvalue weighted by molar-refractivity contribution is 0.0865. The summed E-state index contributed by atoms with van der Waals surface area (Å²) in [5.41, 5.74) is 6.31. The van der Waals surface area contributed by atoms with Crippen LogP contribution < -0.4 is 5.73 Å². The number of rotatable bonds is 2. The van der Waals surface area contributed by atoms with Crippen molar-refractivity contribution < 1.29 is 17.6 Å². The number of carbonyl (C=O) groups excluding carboxylic acids is 1. The molecule has 1 aliphatic rings. The summed E-state index contributed by atoms with van der Waals surface area (Å²) in [5, 5.41) is 0. The van der Waals surface area contributed by atoms with Crippen molar-refractivity contribution in [3.8, 4) is 0 Å². The van der Waals surface area contributed by atoms with Crippen molar-refractivity contribution in [3.63, 3.8) is 0 Å². The van der Waals surface area contributed by atoms with E-state index in [2.05, 4.69) is 0 Å². The maximum Gasteiger partial charge on any atom is 0.269 e. The van der Waals surface area contributed by atoms with Crippen LogP contribution in [-0.2, 0) is 16.6 Å². The van der Waals surface area contributed by atoms with Crippen LogP contribution >= 0.6 is 0 Å². The first-order valence-corrected chi connectivity index (χ1v) is 7.55. The zero-order valence-corrected chi connectivity index (χ0v) is 11.6. The third-order valence-electron chi connectivity index (χ3n) is 3.33. The van der Waals surface area contributed by atoms with Gasteiger partial charge in [0.25, 0.3) is 15.9 Å². The fourth-order valence-corrected chi connectivity index (χ4v) is 3.80. The number of sulfonamides is 1. The number of halogens is 1. The quantitative estimate of drug-likeness (QED) is 0.857. The van der Waals surface area contributed by atoms with Crippen LogP contribution in [0.4, 0.5) is 10.1 Å². The molecule has 1 aliphatic heterocycles. The van der Waals surface area contributed by atoms with Crippen molar-refractivity contribution in [2.45, 2.75) is 11.4 Å². The highest BCUT2D eigenvalue weighted by Gasteiger charge is 2.40. The lowest BCUT2D eigenvalue weighted by Crippen LogP contribution is -2.29. The van der Waals surface area contributed by atoms with E-state index in [1.807, 2.05) is 0 Å². The van der Waals surface area contributed by atoms with Crippen LogP contribution in [0.2, 0.25) is 0 Å². The molecule has 3 rings (SSSR count). The van der Waals surface area contributed by atoms with E-state index in [-0.39, 0.29) is 28.3 Å². The number of carbonyl (C=O) groups is 1. The lowest BCUT2D eigenvalue weighted by atomic mass is 10.1. The highest BCUT2D eigenvalue weighted by molar-refractivity contribution is 7.90. The van der Waals surface area contributed by atoms with Crippen molar-refractivity contribution >= 4 is 21.6 Å². The number of hydrogen-bond donors (Lipinski definition) is 1. The smallest absolute Gasteiger partial charge is 0.269 e. The Labute approximate surface area is 120 Å². The molecule has 1 heterocycles. The van der Waals surface area contributed by atoms with Crippen LogP contribution in [0.3, 0.4) is 0 Å². The Morgan fingerprint density at radius 3 is 2.57 bits per heavy atom. The first kappa shape index (κ1) is 13.6.